The summed E-state index contributed by atoms with van der Waals surface area (Å²) in [5.41, 5.74) is 2.13. The minimum absolute atomic E-state index is 0.387. The van der Waals surface area contributed by atoms with Crippen molar-refractivity contribution in [3.63, 3.8) is 0 Å². The van der Waals surface area contributed by atoms with Crippen molar-refractivity contribution >= 4 is 45.8 Å². The number of nitrogens with one attached hydrogen (secondary N) is 2. The molecule has 3 rings (SSSR count). The average Bonchev–Trinajstić information content (AvgIpc) is 2.85. The van der Waals surface area contributed by atoms with Crippen LogP contribution in [0.4, 0.5) is 11.5 Å². The molecule has 0 radical (unpaired) electrons. The van der Waals surface area contributed by atoms with Crippen LogP contribution in [0.3, 0.4) is 0 Å². The second-order valence-corrected chi connectivity index (χ2v) is 6.48. The minimum Gasteiger partial charge on any atom is -0.548 e. The average molecular weight is 367 g/mol. The quantitative estimate of drug-likeness (QED) is 0.676. The number of hydrogen-bond acceptors (Lipinski definition) is 4. The molecule has 118 valence electrons. The predicted molar refractivity (Wildman–Crippen MR) is 92.7 cm³/mol. The number of aromatic nitrogens is 2. The van der Waals surface area contributed by atoms with Crippen molar-refractivity contribution in [3.05, 3.63) is 69.6 Å². The van der Waals surface area contributed by atoms with E-state index in [1.54, 1.807) is 18.2 Å². The summed E-state index contributed by atoms with van der Waals surface area (Å²) in [6, 6.07) is 14.8. The molecule has 8 heteroatoms. The maximum atomic E-state index is 11.6. The highest BCUT2D eigenvalue weighted by Gasteiger charge is 2.09. The number of benzene rings is 2. The van der Waals surface area contributed by atoms with E-state index in [9.17, 15) is 4.55 Å². The first-order chi connectivity index (χ1) is 11.1. The minimum atomic E-state index is -1.55. The monoisotopic (exact) mass is 366 g/mol. The SMILES string of the molecule is [O-][s+]1nc(Nc2cc(Cl)cc(Cl)c2)c(=NCc2ccccc2)[nH]1. The molecule has 0 aliphatic heterocycles. The van der Waals surface area contributed by atoms with Gasteiger partial charge in [0.05, 0.1) is 6.54 Å². The lowest BCUT2D eigenvalue weighted by molar-refractivity contribution is 0.584. The zero-order valence-electron chi connectivity index (χ0n) is 11.8. The molecule has 0 saturated carbocycles. The highest BCUT2D eigenvalue weighted by molar-refractivity contribution is 7.13. The summed E-state index contributed by atoms with van der Waals surface area (Å²) in [5.74, 6) is 0.387. The molecule has 0 amide bonds. The zero-order valence-corrected chi connectivity index (χ0v) is 14.1. The van der Waals surface area contributed by atoms with Gasteiger partial charge in [-0.05, 0) is 23.8 Å². The number of rotatable bonds is 4. The van der Waals surface area contributed by atoms with Crippen molar-refractivity contribution in [1.29, 1.82) is 0 Å². The van der Waals surface area contributed by atoms with E-state index in [1.165, 1.54) is 0 Å². The third-order valence-electron chi connectivity index (χ3n) is 2.97. The number of anilines is 2. The molecule has 1 aromatic heterocycles. The summed E-state index contributed by atoms with van der Waals surface area (Å²) < 4.78 is 18.3. The van der Waals surface area contributed by atoms with Gasteiger partial charge >= 0.3 is 0 Å². The molecule has 1 atom stereocenters. The van der Waals surface area contributed by atoms with Gasteiger partial charge in [-0.3, -0.25) is 4.99 Å². The van der Waals surface area contributed by atoms with Crippen LogP contribution in [0.2, 0.25) is 10.0 Å². The highest BCUT2D eigenvalue weighted by Crippen LogP contribution is 2.24. The van der Waals surface area contributed by atoms with Gasteiger partial charge in [0.1, 0.15) is 0 Å². The van der Waals surface area contributed by atoms with Crippen molar-refractivity contribution in [2.45, 2.75) is 6.54 Å². The van der Waals surface area contributed by atoms with Crippen LogP contribution < -0.4 is 10.8 Å². The van der Waals surface area contributed by atoms with Crippen molar-refractivity contribution in [2.24, 2.45) is 4.99 Å². The first-order valence-corrected chi connectivity index (χ1v) is 8.55. The fraction of sp³-hybridized carbons (Fsp3) is 0.0667. The molecule has 0 spiro atoms. The molecule has 3 aromatic rings. The van der Waals surface area contributed by atoms with Gasteiger partial charge in [0.25, 0.3) is 0 Å². The maximum Gasteiger partial charge on any atom is 0.236 e. The molecule has 5 nitrogen and oxygen atoms in total. The molecule has 0 aliphatic carbocycles. The van der Waals surface area contributed by atoms with Crippen LogP contribution in [0.15, 0.2) is 53.5 Å². The lowest BCUT2D eigenvalue weighted by Gasteiger charge is -2.03. The molecule has 0 aliphatic rings. The highest BCUT2D eigenvalue weighted by atomic mass is 35.5. The normalized spacial score (nSPS) is 12.5. The van der Waals surface area contributed by atoms with Gasteiger partial charge in [-0.2, -0.15) is 0 Å². The first kappa shape index (κ1) is 16.0. The van der Waals surface area contributed by atoms with Gasteiger partial charge in [0, 0.05) is 20.1 Å². The van der Waals surface area contributed by atoms with E-state index in [0.717, 1.165) is 5.56 Å². The standard InChI is InChI=1S/C15H12Cl2N4OS/c16-11-6-12(17)8-13(7-11)19-15-14(20-23(22)21-15)18-9-10-4-2-1-3-5-10/h1-8H,9H2,(H,18,20)(H,19,21). The van der Waals surface area contributed by atoms with Crippen molar-refractivity contribution in [1.82, 2.24) is 8.75 Å². The van der Waals surface area contributed by atoms with E-state index in [1.807, 2.05) is 30.3 Å². The summed E-state index contributed by atoms with van der Waals surface area (Å²) in [5, 5.41) is 4.03. The van der Waals surface area contributed by atoms with Crippen LogP contribution in [0.1, 0.15) is 5.56 Å². The molecular formula is C15H12Cl2N4OS. The van der Waals surface area contributed by atoms with E-state index in [2.05, 4.69) is 19.1 Å². The lowest BCUT2D eigenvalue weighted by atomic mass is 10.2. The van der Waals surface area contributed by atoms with Crippen LogP contribution in [0, 0.1) is 0 Å². The number of halogens is 2. The van der Waals surface area contributed by atoms with Gasteiger partial charge < -0.3 is 9.87 Å². The van der Waals surface area contributed by atoms with Gasteiger partial charge in [-0.25, -0.2) is 0 Å². The Morgan fingerprint density at radius 2 is 1.83 bits per heavy atom. The molecule has 0 fully saturated rings. The molecule has 2 N–H and O–H groups in total. The Morgan fingerprint density at radius 1 is 1.13 bits per heavy atom. The Bertz CT molecular complexity index is 856. The number of aromatic amines is 1. The number of hydrogen-bond donors (Lipinski definition) is 2. The van der Waals surface area contributed by atoms with Gasteiger partial charge in [0.15, 0.2) is 11.1 Å². The van der Waals surface area contributed by atoms with Gasteiger partial charge in [0.2, 0.25) is 11.3 Å². The predicted octanol–water partition coefficient (Wildman–Crippen LogP) is 4.29. The molecule has 23 heavy (non-hydrogen) atoms. The molecule has 2 aromatic carbocycles. The summed E-state index contributed by atoms with van der Waals surface area (Å²) in [7, 11) is 0. The van der Waals surface area contributed by atoms with E-state index < -0.39 is 11.1 Å². The summed E-state index contributed by atoms with van der Waals surface area (Å²) >= 11 is 10.4. The maximum absolute atomic E-state index is 11.6. The van der Waals surface area contributed by atoms with Gasteiger partial charge in [-0.15, -0.1) is 4.37 Å². The second kappa shape index (κ2) is 7.14. The Morgan fingerprint density at radius 3 is 2.52 bits per heavy atom. The largest absolute Gasteiger partial charge is 0.548 e. The first-order valence-electron chi connectivity index (χ1n) is 6.69. The topological polar surface area (TPSA) is 76.1 Å². The van der Waals surface area contributed by atoms with Crippen molar-refractivity contribution < 1.29 is 4.55 Å². The molecule has 0 bridgehead atoms. The van der Waals surface area contributed by atoms with Crippen LogP contribution in [-0.4, -0.2) is 13.3 Å². The molecule has 1 heterocycles. The Hall–Kier alpha value is -1.86. The van der Waals surface area contributed by atoms with Crippen LogP contribution in [-0.2, 0) is 6.54 Å². The van der Waals surface area contributed by atoms with E-state index in [4.69, 9.17) is 23.2 Å². The Kier molecular flexibility index (Phi) is 4.97. The van der Waals surface area contributed by atoms with Crippen molar-refractivity contribution in [2.75, 3.05) is 5.32 Å². The zero-order chi connectivity index (χ0) is 16.2. The van der Waals surface area contributed by atoms with Crippen molar-refractivity contribution in [3.8, 4) is 0 Å². The summed E-state index contributed by atoms with van der Waals surface area (Å²) in [6.07, 6.45) is 0. The number of nitrogens with zero attached hydrogens (tertiary/aromatic N) is 2. The fourth-order valence-corrected chi connectivity index (χ4v) is 3.18. The van der Waals surface area contributed by atoms with E-state index in [-0.39, 0.29) is 0 Å². The third kappa shape index (κ3) is 4.33. The smallest absolute Gasteiger partial charge is 0.236 e. The third-order valence-corrected chi connectivity index (χ3v) is 4.12. The van der Waals surface area contributed by atoms with Crippen LogP contribution in [0.5, 0.6) is 0 Å². The molecule has 0 saturated heterocycles. The molecule has 1 unspecified atom stereocenters. The van der Waals surface area contributed by atoms with E-state index >= 15 is 0 Å². The molecular weight excluding hydrogens is 355 g/mol. The summed E-state index contributed by atoms with van der Waals surface area (Å²) in [6.45, 7) is 0.456. The van der Waals surface area contributed by atoms with E-state index in [0.29, 0.717) is 33.6 Å². The second-order valence-electron chi connectivity index (χ2n) is 4.72. The van der Waals surface area contributed by atoms with Gasteiger partial charge in [-0.1, -0.05) is 53.5 Å². The Balaban J connectivity index is 1.88. The number of H-pyrrole nitrogens is 1. The summed E-state index contributed by atoms with van der Waals surface area (Å²) in [4.78, 5) is 4.42. The fourth-order valence-electron chi connectivity index (χ4n) is 1.99. The van der Waals surface area contributed by atoms with Crippen LogP contribution in [0.25, 0.3) is 0 Å². The lowest BCUT2D eigenvalue weighted by Crippen LogP contribution is -2.09. The van der Waals surface area contributed by atoms with Crippen LogP contribution >= 0.6 is 34.3 Å². The Labute approximate surface area is 145 Å².